The van der Waals surface area contributed by atoms with Crippen LogP contribution in [0.3, 0.4) is 0 Å². The molecule has 0 N–H and O–H groups in total. The zero-order valence-electron chi connectivity index (χ0n) is 6.24. The third-order valence-corrected chi connectivity index (χ3v) is 3.43. The standard InChI is InChI=1S/C7H7BrN2OS/c8-5-1-3-10(6(5)11)7-9-2-4-12-7/h2,4-5H,1,3H2/t5-/m0/s1. The molecule has 1 atom stereocenters. The van der Waals surface area contributed by atoms with Crippen molar-refractivity contribution in [2.45, 2.75) is 11.2 Å². The maximum Gasteiger partial charge on any atom is 0.242 e. The number of hydrogen-bond acceptors (Lipinski definition) is 3. The van der Waals surface area contributed by atoms with E-state index in [-0.39, 0.29) is 10.7 Å². The highest BCUT2D eigenvalue weighted by atomic mass is 79.9. The third kappa shape index (κ3) is 1.27. The number of amides is 1. The minimum atomic E-state index is -0.0126. The van der Waals surface area contributed by atoms with Gasteiger partial charge >= 0.3 is 0 Å². The number of aromatic nitrogens is 1. The molecule has 64 valence electrons. The van der Waals surface area contributed by atoms with Crippen molar-refractivity contribution in [3.05, 3.63) is 11.6 Å². The largest absolute Gasteiger partial charge is 0.287 e. The molecule has 2 rings (SSSR count). The van der Waals surface area contributed by atoms with Gasteiger partial charge in [0.2, 0.25) is 5.91 Å². The minimum absolute atomic E-state index is 0.0126. The molecule has 2 heterocycles. The van der Waals surface area contributed by atoms with Crippen molar-refractivity contribution in [3.8, 4) is 0 Å². The van der Waals surface area contributed by atoms with E-state index in [9.17, 15) is 4.79 Å². The number of anilines is 1. The van der Waals surface area contributed by atoms with E-state index < -0.39 is 0 Å². The van der Waals surface area contributed by atoms with Gasteiger partial charge in [-0.05, 0) is 6.42 Å². The van der Waals surface area contributed by atoms with E-state index in [1.54, 1.807) is 11.1 Å². The van der Waals surface area contributed by atoms with Crippen molar-refractivity contribution in [2.75, 3.05) is 11.4 Å². The van der Waals surface area contributed by atoms with Crippen molar-refractivity contribution >= 4 is 38.3 Å². The summed E-state index contributed by atoms with van der Waals surface area (Å²) in [5, 5.41) is 2.69. The quantitative estimate of drug-likeness (QED) is 0.707. The third-order valence-electron chi connectivity index (χ3n) is 1.79. The van der Waals surface area contributed by atoms with Crippen LogP contribution in [-0.2, 0) is 4.79 Å². The summed E-state index contributed by atoms with van der Waals surface area (Å²) in [6.45, 7) is 0.780. The Morgan fingerprint density at radius 1 is 1.75 bits per heavy atom. The molecule has 1 amide bonds. The molecule has 1 aromatic heterocycles. The normalized spacial score (nSPS) is 23.6. The lowest BCUT2D eigenvalue weighted by atomic mass is 10.4. The summed E-state index contributed by atoms with van der Waals surface area (Å²) in [4.78, 5) is 17.2. The summed E-state index contributed by atoms with van der Waals surface area (Å²) >= 11 is 4.81. The number of rotatable bonds is 1. The smallest absolute Gasteiger partial charge is 0.242 e. The van der Waals surface area contributed by atoms with Gasteiger partial charge < -0.3 is 0 Å². The zero-order chi connectivity index (χ0) is 8.55. The van der Waals surface area contributed by atoms with Crippen LogP contribution >= 0.6 is 27.3 Å². The lowest BCUT2D eigenvalue weighted by Crippen LogP contribution is -2.26. The van der Waals surface area contributed by atoms with Gasteiger partial charge in [-0.25, -0.2) is 4.98 Å². The molecule has 0 radical (unpaired) electrons. The predicted octanol–water partition coefficient (Wildman–Crippen LogP) is 1.64. The summed E-state index contributed by atoms with van der Waals surface area (Å²) < 4.78 is 0. The van der Waals surface area contributed by atoms with Gasteiger partial charge in [0.1, 0.15) is 0 Å². The van der Waals surface area contributed by atoms with Crippen molar-refractivity contribution in [3.63, 3.8) is 0 Å². The van der Waals surface area contributed by atoms with Crippen LogP contribution in [0.4, 0.5) is 5.13 Å². The molecular weight excluding hydrogens is 240 g/mol. The fourth-order valence-electron chi connectivity index (χ4n) is 1.18. The lowest BCUT2D eigenvalue weighted by molar-refractivity contribution is -0.116. The molecule has 0 unspecified atom stereocenters. The van der Waals surface area contributed by atoms with Crippen molar-refractivity contribution in [1.29, 1.82) is 0 Å². The maximum absolute atomic E-state index is 11.4. The molecule has 1 fully saturated rings. The number of alkyl halides is 1. The van der Waals surface area contributed by atoms with Crippen molar-refractivity contribution < 1.29 is 4.79 Å². The Hall–Kier alpha value is -0.420. The minimum Gasteiger partial charge on any atom is -0.287 e. The fourth-order valence-corrected chi connectivity index (χ4v) is 2.31. The molecule has 0 bridgehead atoms. The van der Waals surface area contributed by atoms with Gasteiger partial charge in [-0.2, -0.15) is 0 Å². The summed E-state index contributed by atoms with van der Waals surface area (Å²) in [5.41, 5.74) is 0. The number of hydrogen-bond donors (Lipinski definition) is 0. The SMILES string of the molecule is O=C1[C@@H](Br)CCN1c1nccs1. The molecule has 1 aromatic rings. The van der Waals surface area contributed by atoms with Gasteiger partial charge in [0.05, 0.1) is 4.83 Å². The highest BCUT2D eigenvalue weighted by Gasteiger charge is 2.31. The Morgan fingerprint density at radius 3 is 3.08 bits per heavy atom. The second kappa shape index (κ2) is 3.14. The molecule has 0 aromatic carbocycles. The van der Waals surface area contributed by atoms with Crippen LogP contribution < -0.4 is 4.90 Å². The van der Waals surface area contributed by atoms with Gasteiger partial charge in [-0.3, -0.25) is 9.69 Å². The molecule has 12 heavy (non-hydrogen) atoms. The number of carbonyl (C=O) groups is 1. The van der Waals surface area contributed by atoms with Crippen molar-refractivity contribution in [1.82, 2.24) is 4.98 Å². The predicted molar refractivity (Wildman–Crippen MR) is 51.8 cm³/mol. The van der Waals surface area contributed by atoms with Gasteiger partial charge in [-0.1, -0.05) is 15.9 Å². The van der Waals surface area contributed by atoms with Gasteiger partial charge in [0, 0.05) is 18.1 Å². The van der Waals surface area contributed by atoms with E-state index in [1.165, 1.54) is 11.3 Å². The van der Waals surface area contributed by atoms with E-state index >= 15 is 0 Å². The molecule has 3 nitrogen and oxygen atoms in total. The first-order valence-corrected chi connectivity index (χ1v) is 5.43. The summed E-state index contributed by atoms with van der Waals surface area (Å²) in [6.07, 6.45) is 2.59. The number of nitrogens with zero attached hydrogens (tertiary/aromatic N) is 2. The van der Waals surface area contributed by atoms with E-state index in [0.717, 1.165) is 18.1 Å². The zero-order valence-corrected chi connectivity index (χ0v) is 8.64. The molecule has 0 spiro atoms. The number of halogens is 1. The van der Waals surface area contributed by atoms with Crippen LogP contribution in [0.2, 0.25) is 0 Å². The molecule has 0 saturated carbocycles. The first-order chi connectivity index (χ1) is 5.79. The second-order valence-electron chi connectivity index (χ2n) is 2.56. The highest BCUT2D eigenvalue weighted by molar-refractivity contribution is 9.10. The monoisotopic (exact) mass is 246 g/mol. The Bertz CT molecular complexity index is 288. The van der Waals surface area contributed by atoms with Gasteiger partial charge in [0.25, 0.3) is 0 Å². The average Bonchev–Trinajstić information content (AvgIpc) is 2.64. The Balaban J connectivity index is 2.22. The van der Waals surface area contributed by atoms with E-state index in [4.69, 9.17) is 0 Å². The van der Waals surface area contributed by atoms with E-state index in [1.807, 2.05) is 5.38 Å². The molecule has 1 aliphatic rings. The number of carbonyl (C=O) groups excluding carboxylic acids is 1. The fraction of sp³-hybridized carbons (Fsp3) is 0.429. The van der Waals surface area contributed by atoms with Crippen LogP contribution in [0.1, 0.15) is 6.42 Å². The van der Waals surface area contributed by atoms with E-state index in [0.29, 0.717) is 0 Å². The van der Waals surface area contributed by atoms with Crippen LogP contribution in [0.25, 0.3) is 0 Å². The first-order valence-electron chi connectivity index (χ1n) is 3.64. The first kappa shape index (κ1) is 8.19. The average molecular weight is 247 g/mol. The Morgan fingerprint density at radius 2 is 2.58 bits per heavy atom. The summed E-state index contributed by atoms with van der Waals surface area (Å²) in [6, 6.07) is 0. The molecule has 1 saturated heterocycles. The van der Waals surface area contributed by atoms with Crippen LogP contribution in [0, 0.1) is 0 Å². The molecule has 0 aliphatic carbocycles. The second-order valence-corrected chi connectivity index (χ2v) is 4.54. The highest BCUT2D eigenvalue weighted by Crippen LogP contribution is 2.26. The molecule has 1 aliphatic heterocycles. The van der Waals surface area contributed by atoms with Crippen LogP contribution in [0.5, 0.6) is 0 Å². The van der Waals surface area contributed by atoms with Crippen molar-refractivity contribution in [2.24, 2.45) is 0 Å². The topological polar surface area (TPSA) is 33.2 Å². The van der Waals surface area contributed by atoms with Gasteiger partial charge in [0.15, 0.2) is 5.13 Å². The molecular formula is C7H7BrN2OS. The summed E-state index contributed by atoms with van der Waals surface area (Å²) in [7, 11) is 0. The van der Waals surface area contributed by atoms with E-state index in [2.05, 4.69) is 20.9 Å². The molecule has 5 heteroatoms. The maximum atomic E-state index is 11.4. The van der Waals surface area contributed by atoms with Crippen LogP contribution in [-0.4, -0.2) is 22.3 Å². The Labute approximate surface area is 82.5 Å². The van der Waals surface area contributed by atoms with Crippen LogP contribution in [0.15, 0.2) is 11.6 Å². The summed E-state index contributed by atoms with van der Waals surface area (Å²) in [5.74, 6) is 0.130. The lowest BCUT2D eigenvalue weighted by Gasteiger charge is -2.10. The van der Waals surface area contributed by atoms with Gasteiger partial charge in [-0.15, -0.1) is 11.3 Å². The number of thiazole rings is 1. The Kier molecular flexibility index (Phi) is 2.14.